The Morgan fingerprint density at radius 2 is 1.80 bits per heavy atom. The van der Waals surface area contributed by atoms with Crippen LogP contribution in [0.15, 0.2) is 29.2 Å². The third kappa shape index (κ3) is 2.75. The van der Waals surface area contributed by atoms with Crippen LogP contribution >= 0.6 is 0 Å². The summed E-state index contributed by atoms with van der Waals surface area (Å²) in [4.78, 5) is 12.9. The second-order valence-corrected chi connectivity index (χ2v) is 4.43. The summed E-state index contributed by atoms with van der Waals surface area (Å²) in [6, 6.07) is 5.32. The fourth-order valence-corrected chi connectivity index (χ4v) is 1.87. The van der Waals surface area contributed by atoms with Crippen LogP contribution in [0.25, 0.3) is 0 Å². The molecular formula is C8H11N3O3S. The van der Waals surface area contributed by atoms with Crippen molar-refractivity contribution >= 4 is 15.9 Å². The summed E-state index contributed by atoms with van der Waals surface area (Å²) < 4.78 is 22.8. The van der Waals surface area contributed by atoms with Gasteiger partial charge in [0.1, 0.15) is 0 Å². The van der Waals surface area contributed by atoms with Crippen molar-refractivity contribution in [2.45, 2.75) is 4.90 Å². The number of carbonyl (C=O) groups is 1. The van der Waals surface area contributed by atoms with E-state index in [0.717, 1.165) is 0 Å². The van der Waals surface area contributed by atoms with Crippen LogP contribution in [0.2, 0.25) is 0 Å². The number of sulfonamides is 1. The molecule has 0 saturated heterocycles. The van der Waals surface area contributed by atoms with Gasteiger partial charge in [0.05, 0.1) is 4.90 Å². The quantitative estimate of drug-likeness (QED) is 0.588. The summed E-state index contributed by atoms with van der Waals surface area (Å²) >= 11 is 0. The molecule has 0 aliphatic carbocycles. The van der Waals surface area contributed by atoms with Crippen molar-refractivity contribution in [1.29, 1.82) is 0 Å². The van der Waals surface area contributed by atoms with Gasteiger partial charge in [0, 0.05) is 5.56 Å². The Hall–Kier alpha value is -1.44. The normalized spacial score (nSPS) is 11.3. The van der Waals surface area contributed by atoms with Crippen LogP contribution in [0, 0.1) is 0 Å². The van der Waals surface area contributed by atoms with E-state index in [1.54, 1.807) is 0 Å². The third-order valence-corrected chi connectivity index (χ3v) is 3.05. The number of carbonyl (C=O) groups excluding carboxylic acids is 1. The van der Waals surface area contributed by atoms with Crippen molar-refractivity contribution < 1.29 is 13.2 Å². The lowest BCUT2D eigenvalue weighted by molar-refractivity contribution is 0.1000. The van der Waals surface area contributed by atoms with Gasteiger partial charge in [-0.05, 0) is 31.3 Å². The number of hydrogen-bond donors (Lipinski definition) is 3. The van der Waals surface area contributed by atoms with Crippen molar-refractivity contribution in [2.75, 3.05) is 7.05 Å². The zero-order chi connectivity index (χ0) is 11.5. The van der Waals surface area contributed by atoms with Gasteiger partial charge < -0.3 is 5.73 Å². The Morgan fingerprint density at radius 1 is 1.27 bits per heavy atom. The zero-order valence-electron chi connectivity index (χ0n) is 8.02. The highest BCUT2D eigenvalue weighted by atomic mass is 32.2. The molecule has 0 atom stereocenters. The van der Waals surface area contributed by atoms with Crippen LogP contribution in [-0.4, -0.2) is 21.4 Å². The topological polar surface area (TPSA) is 101 Å². The summed E-state index contributed by atoms with van der Waals surface area (Å²) in [5.74, 6) is -0.597. The average molecular weight is 229 g/mol. The Bertz CT molecular complexity index is 453. The smallest absolute Gasteiger partial charge is 0.253 e. The van der Waals surface area contributed by atoms with Gasteiger partial charge in [-0.2, -0.15) is 0 Å². The highest BCUT2D eigenvalue weighted by molar-refractivity contribution is 7.89. The van der Waals surface area contributed by atoms with Crippen LogP contribution < -0.4 is 16.0 Å². The summed E-state index contributed by atoms with van der Waals surface area (Å²) in [5, 5.41) is 0. The largest absolute Gasteiger partial charge is 0.366 e. The lowest BCUT2D eigenvalue weighted by Gasteiger charge is -2.04. The number of hydrazine groups is 1. The maximum absolute atomic E-state index is 11.4. The molecule has 6 nitrogen and oxygen atoms in total. The Kier molecular flexibility index (Phi) is 3.40. The second-order valence-electron chi connectivity index (χ2n) is 2.74. The minimum atomic E-state index is -3.57. The molecule has 0 spiro atoms. The molecule has 4 N–H and O–H groups in total. The molecule has 0 aliphatic rings. The number of nitrogens with one attached hydrogen (secondary N) is 2. The molecule has 1 amide bonds. The van der Waals surface area contributed by atoms with E-state index >= 15 is 0 Å². The van der Waals surface area contributed by atoms with Gasteiger partial charge in [0.2, 0.25) is 5.91 Å². The van der Waals surface area contributed by atoms with Crippen molar-refractivity contribution in [3.8, 4) is 0 Å². The number of nitrogens with two attached hydrogens (primary N) is 1. The molecule has 0 unspecified atom stereocenters. The van der Waals surface area contributed by atoms with E-state index in [1.165, 1.54) is 31.3 Å². The minimum absolute atomic E-state index is 0.0573. The maximum Gasteiger partial charge on any atom is 0.253 e. The van der Waals surface area contributed by atoms with E-state index in [-0.39, 0.29) is 10.5 Å². The van der Waals surface area contributed by atoms with Crippen LogP contribution in [-0.2, 0) is 10.0 Å². The number of amides is 1. The Morgan fingerprint density at radius 3 is 2.20 bits per heavy atom. The standard InChI is InChI=1S/C8H11N3O3S/c1-10-11-15(13,14)7-4-2-6(3-5-7)8(9)12/h2-5,10-11H,1H3,(H2,9,12). The summed E-state index contributed by atoms with van der Waals surface area (Å²) in [6.45, 7) is 0. The van der Waals surface area contributed by atoms with Gasteiger partial charge in [-0.1, -0.05) is 0 Å². The molecule has 7 heteroatoms. The van der Waals surface area contributed by atoms with Gasteiger partial charge in [0.15, 0.2) is 0 Å². The highest BCUT2D eigenvalue weighted by Gasteiger charge is 2.12. The lowest BCUT2D eigenvalue weighted by Crippen LogP contribution is -2.34. The maximum atomic E-state index is 11.4. The van der Waals surface area contributed by atoms with Crippen LogP contribution in [0.5, 0.6) is 0 Å². The van der Waals surface area contributed by atoms with Gasteiger partial charge in [-0.15, -0.1) is 4.83 Å². The van der Waals surface area contributed by atoms with E-state index in [1.807, 2.05) is 0 Å². The summed E-state index contributed by atoms with van der Waals surface area (Å²) in [5.41, 5.74) is 7.59. The minimum Gasteiger partial charge on any atom is -0.366 e. The first kappa shape index (κ1) is 11.6. The van der Waals surface area contributed by atoms with Gasteiger partial charge in [-0.25, -0.2) is 13.8 Å². The molecule has 0 saturated carbocycles. The number of benzene rings is 1. The molecule has 82 valence electrons. The number of hydrogen-bond acceptors (Lipinski definition) is 4. The van der Waals surface area contributed by atoms with Crippen LogP contribution in [0.1, 0.15) is 10.4 Å². The highest BCUT2D eigenvalue weighted by Crippen LogP contribution is 2.09. The fourth-order valence-electron chi connectivity index (χ4n) is 0.992. The molecule has 0 aliphatic heterocycles. The van der Waals surface area contributed by atoms with E-state index in [2.05, 4.69) is 10.3 Å². The molecule has 0 heterocycles. The molecule has 1 aromatic rings. The first-order chi connectivity index (χ1) is 6.97. The molecule has 1 rings (SSSR count). The number of rotatable bonds is 4. The first-order valence-corrected chi connectivity index (χ1v) is 5.54. The molecular weight excluding hydrogens is 218 g/mol. The zero-order valence-corrected chi connectivity index (χ0v) is 8.84. The third-order valence-electron chi connectivity index (χ3n) is 1.69. The Balaban J connectivity index is 3.04. The van der Waals surface area contributed by atoms with Crippen molar-refractivity contribution in [3.63, 3.8) is 0 Å². The monoisotopic (exact) mass is 229 g/mol. The first-order valence-electron chi connectivity index (χ1n) is 4.06. The lowest BCUT2D eigenvalue weighted by atomic mass is 10.2. The van der Waals surface area contributed by atoms with Gasteiger partial charge in [-0.3, -0.25) is 4.79 Å². The molecule has 0 aromatic heterocycles. The average Bonchev–Trinajstić information content (AvgIpc) is 2.18. The fraction of sp³-hybridized carbons (Fsp3) is 0.125. The van der Waals surface area contributed by atoms with Crippen molar-refractivity contribution in [1.82, 2.24) is 10.3 Å². The van der Waals surface area contributed by atoms with E-state index < -0.39 is 15.9 Å². The van der Waals surface area contributed by atoms with Crippen LogP contribution in [0.4, 0.5) is 0 Å². The SMILES string of the molecule is CNNS(=O)(=O)c1ccc(C(N)=O)cc1. The van der Waals surface area contributed by atoms with Crippen molar-refractivity contribution in [2.24, 2.45) is 5.73 Å². The summed E-state index contributed by atoms with van der Waals surface area (Å²) in [7, 11) is -2.13. The number of primary amides is 1. The molecule has 1 aromatic carbocycles. The molecule has 0 fully saturated rings. The van der Waals surface area contributed by atoms with Crippen LogP contribution in [0.3, 0.4) is 0 Å². The second kappa shape index (κ2) is 4.39. The van der Waals surface area contributed by atoms with Gasteiger partial charge in [0.25, 0.3) is 10.0 Å². The van der Waals surface area contributed by atoms with E-state index in [9.17, 15) is 13.2 Å². The predicted octanol–water partition coefficient (Wildman–Crippen LogP) is -0.802. The Labute approximate surface area is 87.5 Å². The van der Waals surface area contributed by atoms with E-state index in [4.69, 9.17) is 5.73 Å². The van der Waals surface area contributed by atoms with Crippen molar-refractivity contribution in [3.05, 3.63) is 29.8 Å². The van der Waals surface area contributed by atoms with E-state index in [0.29, 0.717) is 0 Å². The predicted molar refractivity (Wildman–Crippen MR) is 54.3 cm³/mol. The summed E-state index contributed by atoms with van der Waals surface area (Å²) in [6.07, 6.45) is 0. The molecule has 0 radical (unpaired) electrons. The molecule has 15 heavy (non-hydrogen) atoms. The van der Waals surface area contributed by atoms with Gasteiger partial charge >= 0.3 is 0 Å². The molecule has 0 bridgehead atoms.